The van der Waals surface area contributed by atoms with Crippen molar-refractivity contribution in [1.82, 2.24) is 5.32 Å². The number of quaternary nitrogens is 2. The van der Waals surface area contributed by atoms with Crippen LogP contribution < -0.4 is 20.0 Å². The number of carbonyl (C=O) groups is 1. The van der Waals surface area contributed by atoms with E-state index in [4.69, 9.17) is 0 Å². The third kappa shape index (κ3) is 6.08. The second-order valence-corrected chi connectivity index (χ2v) is 10.2. The molecule has 31 heavy (non-hydrogen) atoms. The van der Waals surface area contributed by atoms with Crippen LogP contribution in [0.2, 0.25) is 0 Å². The smallest absolute Gasteiger partial charge is 0.251 e. The maximum atomic E-state index is 12.9. The predicted octanol–water partition coefficient (Wildman–Crippen LogP) is 0.934. The standard InChI is InChI=1S/C26H38N4O/c1-26(2,3)22-11-7-21(8-12-22)25(31)27-19-24(30-17-15-29(6)16-18-30)20-9-13-23(14-10-20)28(4)5/h7-14,24H,15-19H2,1-6H3,(H,27,31)/p+2/t24-/m0/s1. The van der Waals surface area contributed by atoms with Crippen molar-refractivity contribution in [3.05, 3.63) is 65.2 Å². The van der Waals surface area contributed by atoms with E-state index in [-0.39, 0.29) is 17.4 Å². The third-order valence-electron chi connectivity index (χ3n) is 6.53. The van der Waals surface area contributed by atoms with Gasteiger partial charge in [0.1, 0.15) is 32.2 Å². The van der Waals surface area contributed by atoms with E-state index in [9.17, 15) is 4.79 Å². The quantitative estimate of drug-likeness (QED) is 0.646. The second-order valence-electron chi connectivity index (χ2n) is 10.2. The van der Waals surface area contributed by atoms with Crippen molar-refractivity contribution < 1.29 is 14.6 Å². The molecule has 3 rings (SSSR count). The molecule has 1 heterocycles. The summed E-state index contributed by atoms with van der Waals surface area (Å²) in [6.45, 7) is 11.8. The number of hydrogen-bond donors (Lipinski definition) is 3. The lowest BCUT2D eigenvalue weighted by molar-refractivity contribution is -1.02. The normalized spacial score (nSPS) is 20.2. The minimum absolute atomic E-state index is 0.00882. The molecule has 1 fully saturated rings. The highest BCUT2D eigenvalue weighted by molar-refractivity contribution is 5.94. The maximum Gasteiger partial charge on any atom is 0.251 e. The number of anilines is 1. The SMILES string of the molecule is CN(C)c1ccc([C@H](CNC(=O)c2ccc(C(C)(C)C)cc2)[NH+]2CC[NH+](C)CC2)cc1. The summed E-state index contributed by atoms with van der Waals surface area (Å²) in [5.41, 5.74) is 4.55. The van der Waals surface area contributed by atoms with Crippen LogP contribution in [0.15, 0.2) is 48.5 Å². The number of nitrogens with one attached hydrogen (secondary N) is 3. The molecule has 5 heteroatoms. The molecule has 0 radical (unpaired) electrons. The number of rotatable bonds is 6. The molecule has 0 saturated carbocycles. The average Bonchev–Trinajstić information content (AvgIpc) is 2.74. The van der Waals surface area contributed by atoms with E-state index >= 15 is 0 Å². The predicted molar refractivity (Wildman–Crippen MR) is 128 cm³/mol. The summed E-state index contributed by atoms with van der Waals surface area (Å²) in [7, 11) is 6.39. The highest BCUT2D eigenvalue weighted by Gasteiger charge is 2.29. The fourth-order valence-electron chi connectivity index (χ4n) is 4.27. The highest BCUT2D eigenvalue weighted by atomic mass is 16.1. The summed E-state index contributed by atoms with van der Waals surface area (Å²) >= 11 is 0. The van der Waals surface area contributed by atoms with Crippen molar-refractivity contribution in [3.63, 3.8) is 0 Å². The summed E-state index contributed by atoms with van der Waals surface area (Å²) in [6, 6.07) is 17.1. The van der Waals surface area contributed by atoms with Gasteiger partial charge in [-0.15, -0.1) is 0 Å². The van der Waals surface area contributed by atoms with Gasteiger partial charge < -0.3 is 20.0 Å². The molecule has 1 aliphatic heterocycles. The number of nitrogens with zero attached hydrogens (tertiary/aromatic N) is 1. The van der Waals surface area contributed by atoms with Crippen molar-refractivity contribution in [1.29, 1.82) is 0 Å². The Morgan fingerprint density at radius 2 is 1.55 bits per heavy atom. The van der Waals surface area contributed by atoms with Gasteiger partial charge in [-0.05, 0) is 35.2 Å². The van der Waals surface area contributed by atoms with Crippen molar-refractivity contribution in [2.24, 2.45) is 0 Å². The van der Waals surface area contributed by atoms with E-state index in [1.165, 1.54) is 29.9 Å². The molecule has 0 unspecified atom stereocenters. The van der Waals surface area contributed by atoms with Crippen LogP contribution >= 0.6 is 0 Å². The molecule has 1 amide bonds. The lowest BCUT2D eigenvalue weighted by Gasteiger charge is -2.33. The number of hydrogen-bond acceptors (Lipinski definition) is 2. The zero-order valence-corrected chi connectivity index (χ0v) is 20.1. The fourth-order valence-corrected chi connectivity index (χ4v) is 4.27. The first kappa shape index (κ1) is 23.3. The van der Waals surface area contributed by atoms with Crippen molar-refractivity contribution in [2.45, 2.75) is 32.2 Å². The Hall–Kier alpha value is -2.37. The Balaban J connectivity index is 1.73. The Kier molecular flexibility index (Phi) is 7.39. The largest absolute Gasteiger partial charge is 0.378 e. The van der Waals surface area contributed by atoms with Crippen LogP contribution in [-0.2, 0) is 5.41 Å². The van der Waals surface area contributed by atoms with Crippen LogP contribution in [0.3, 0.4) is 0 Å². The lowest BCUT2D eigenvalue weighted by atomic mass is 9.87. The molecular weight excluding hydrogens is 384 g/mol. The summed E-state index contributed by atoms with van der Waals surface area (Å²) in [6.07, 6.45) is 0. The van der Waals surface area contributed by atoms with Gasteiger partial charge in [0.2, 0.25) is 0 Å². The van der Waals surface area contributed by atoms with Crippen molar-refractivity contribution >= 4 is 11.6 Å². The molecule has 2 aromatic carbocycles. The number of benzene rings is 2. The minimum atomic E-state index is 0.00882. The van der Waals surface area contributed by atoms with Crippen molar-refractivity contribution in [2.75, 3.05) is 58.8 Å². The van der Waals surface area contributed by atoms with Gasteiger partial charge in [0.25, 0.3) is 5.91 Å². The van der Waals surface area contributed by atoms with Gasteiger partial charge in [-0.3, -0.25) is 4.79 Å². The molecule has 168 valence electrons. The van der Waals surface area contributed by atoms with E-state index in [1.54, 1.807) is 9.80 Å². The second kappa shape index (κ2) is 9.84. The molecule has 0 aromatic heterocycles. The number of carbonyl (C=O) groups excluding carboxylic acids is 1. The summed E-state index contributed by atoms with van der Waals surface area (Å²) in [4.78, 5) is 18.2. The summed E-state index contributed by atoms with van der Waals surface area (Å²) in [5, 5.41) is 3.22. The number of piperazine rings is 1. The van der Waals surface area contributed by atoms with Gasteiger partial charge in [0.05, 0.1) is 13.6 Å². The molecule has 1 atom stereocenters. The maximum absolute atomic E-state index is 12.9. The monoisotopic (exact) mass is 424 g/mol. The molecule has 1 saturated heterocycles. The topological polar surface area (TPSA) is 41.2 Å². The van der Waals surface area contributed by atoms with Gasteiger partial charge in [-0.2, -0.15) is 0 Å². The molecule has 0 aliphatic carbocycles. The van der Waals surface area contributed by atoms with Crippen LogP contribution in [0.5, 0.6) is 0 Å². The molecule has 5 nitrogen and oxygen atoms in total. The average molecular weight is 425 g/mol. The Bertz CT molecular complexity index is 844. The summed E-state index contributed by atoms with van der Waals surface area (Å²) in [5.74, 6) is 0.00882. The lowest BCUT2D eigenvalue weighted by Crippen LogP contribution is -3.27. The Morgan fingerprint density at radius 3 is 2.06 bits per heavy atom. The van der Waals surface area contributed by atoms with Crippen LogP contribution in [0.4, 0.5) is 5.69 Å². The molecular formula is C26H40N4O+2. The molecule has 0 bridgehead atoms. The third-order valence-corrected chi connectivity index (χ3v) is 6.53. The van der Waals surface area contributed by atoms with E-state index in [1.807, 2.05) is 12.1 Å². The Morgan fingerprint density at radius 1 is 0.968 bits per heavy atom. The van der Waals surface area contributed by atoms with Crippen LogP contribution in [0.25, 0.3) is 0 Å². The van der Waals surface area contributed by atoms with Crippen LogP contribution in [0.1, 0.15) is 48.3 Å². The van der Waals surface area contributed by atoms with E-state index < -0.39 is 0 Å². The van der Waals surface area contributed by atoms with E-state index in [0.29, 0.717) is 6.54 Å². The zero-order chi connectivity index (χ0) is 22.6. The molecule has 3 N–H and O–H groups in total. The molecule has 2 aromatic rings. The highest BCUT2D eigenvalue weighted by Crippen LogP contribution is 2.22. The van der Waals surface area contributed by atoms with Gasteiger partial charge in [-0.1, -0.05) is 45.0 Å². The van der Waals surface area contributed by atoms with Crippen molar-refractivity contribution in [3.8, 4) is 0 Å². The van der Waals surface area contributed by atoms with Gasteiger partial charge in [-0.25, -0.2) is 0 Å². The van der Waals surface area contributed by atoms with E-state index in [0.717, 1.165) is 18.7 Å². The van der Waals surface area contributed by atoms with Gasteiger partial charge >= 0.3 is 0 Å². The first-order valence-electron chi connectivity index (χ1n) is 11.5. The number of likely N-dealkylation sites (N-methyl/N-ethyl adjacent to an activating group) is 1. The fraction of sp³-hybridized carbons (Fsp3) is 0.500. The minimum Gasteiger partial charge on any atom is -0.378 e. The van der Waals surface area contributed by atoms with E-state index in [2.05, 4.69) is 88.5 Å². The van der Waals surface area contributed by atoms with Gasteiger partial charge in [0, 0.05) is 30.9 Å². The number of amides is 1. The summed E-state index contributed by atoms with van der Waals surface area (Å²) < 4.78 is 0. The first-order chi connectivity index (χ1) is 14.6. The van der Waals surface area contributed by atoms with Gasteiger partial charge in [0.15, 0.2) is 0 Å². The van der Waals surface area contributed by atoms with Crippen LogP contribution in [0, 0.1) is 0 Å². The molecule has 1 aliphatic rings. The molecule has 0 spiro atoms. The zero-order valence-electron chi connectivity index (χ0n) is 20.1. The Labute approximate surface area is 188 Å². The van der Waals surface area contributed by atoms with Crippen LogP contribution in [-0.4, -0.2) is 59.8 Å². The first-order valence-corrected chi connectivity index (χ1v) is 11.5.